The van der Waals surface area contributed by atoms with Gasteiger partial charge in [-0.3, -0.25) is 9.59 Å². The molecule has 0 spiro atoms. The van der Waals surface area contributed by atoms with Gasteiger partial charge < -0.3 is 15.5 Å². The van der Waals surface area contributed by atoms with Gasteiger partial charge in [0.15, 0.2) is 0 Å². The zero-order chi connectivity index (χ0) is 13.6. The zero-order valence-electron chi connectivity index (χ0n) is 10.9. The quantitative estimate of drug-likeness (QED) is 0.738. The molecule has 0 aromatic carbocycles. The number of thiocarbonyl (C=S) groups is 1. The summed E-state index contributed by atoms with van der Waals surface area (Å²) in [5, 5.41) is 0. The molecule has 1 atom stereocenters. The molecule has 2 aliphatic heterocycles. The van der Waals surface area contributed by atoms with E-state index in [1.165, 1.54) is 0 Å². The van der Waals surface area contributed by atoms with Crippen LogP contribution < -0.4 is 5.73 Å². The topological polar surface area (TPSA) is 66.6 Å². The Hall–Kier alpha value is -1.17. The number of hydrogen-bond acceptors (Lipinski definition) is 3. The van der Waals surface area contributed by atoms with Crippen molar-refractivity contribution in [3.8, 4) is 0 Å². The van der Waals surface area contributed by atoms with Gasteiger partial charge in [0, 0.05) is 32.1 Å². The van der Waals surface area contributed by atoms with Crippen LogP contribution in [0.5, 0.6) is 0 Å². The van der Waals surface area contributed by atoms with Crippen LogP contribution in [0.4, 0.5) is 0 Å². The van der Waals surface area contributed by atoms with Gasteiger partial charge in [0.1, 0.15) is 0 Å². The molecule has 0 aromatic heterocycles. The maximum Gasteiger partial charge on any atom is 0.235 e. The number of nitrogens with zero attached hydrogens (tertiary/aromatic N) is 2. The number of hydrogen-bond donors (Lipinski definition) is 1. The molecular weight excluding hydrogens is 262 g/mol. The predicted octanol–water partition coefficient (Wildman–Crippen LogP) is 0.276. The normalized spacial score (nSPS) is 28.8. The minimum atomic E-state index is -0.583. The minimum Gasteiger partial charge on any atom is -0.392 e. The maximum atomic E-state index is 12.7. The van der Waals surface area contributed by atoms with E-state index in [-0.39, 0.29) is 17.9 Å². The smallest absolute Gasteiger partial charge is 0.235 e. The third kappa shape index (κ3) is 1.84. The molecule has 0 radical (unpaired) electrons. The third-order valence-electron chi connectivity index (χ3n) is 4.87. The number of fused-ring (bicyclic) bond motifs is 1. The van der Waals surface area contributed by atoms with Crippen molar-refractivity contribution < 1.29 is 9.59 Å². The Labute approximate surface area is 118 Å². The Balaban J connectivity index is 1.72. The van der Waals surface area contributed by atoms with Gasteiger partial charge in [-0.25, -0.2) is 0 Å². The van der Waals surface area contributed by atoms with Gasteiger partial charge in [0.05, 0.1) is 10.4 Å². The second-order valence-corrected chi connectivity index (χ2v) is 6.27. The molecule has 2 N–H and O–H groups in total. The lowest BCUT2D eigenvalue weighted by Gasteiger charge is -2.46. The molecule has 2 saturated heterocycles. The highest BCUT2D eigenvalue weighted by Crippen LogP contribution is 2.43. The van der Waals surface area contributed by atoms with Crippen LogP contribution in [0.15, 0.2) is 0 Å². The fourth-order valence-corrected chi connectivity index (χ4v) is 3.74. The van der Waals surface area contributed by atoms with Crippen LogP contribution in [0, 0.1) is 5.41 Å². The Morgan fingerprint density at radius 1 is 1.37 bits per heavy atom. The van der Waals surface area contributed by atoms with E-state index < -0.39 is 5.41 Å². The summed E-state index contributed by atoms with van der Waals surface area (Å²) in [6.45, 7) is 1.92. The summed E-state index contributed by atoms with van der Waals surface area (Å²) >= 11 is 5.10. The van der Waals surface area contributed by atoms with Gasteiger partial charge in [0.2, 0.25) is 11.8 Å². The minimum absolute atomic E-state index is 0.0882. The summed E-state index contributed by atoms with van der Waals surface area (Å²) < 4.78 is 0. The average Bonchev–Trinajstić information content (AvgIpc) is 2.68. The fraction of sp³-hybridized carbons (Fsp3) is 0.769. The Bertz CT molecular complexity index is 447. The predicted molar refractivity (Wildman–Crippen MR) is 74.4 cm³/mol. The number of piperazine rings is 1. The first-order valence-corrected chi connectivity index (χ1v) is 7.34. The molecule has 1 aliphatic carbocycles. The van der Waals surface area contributed by atoms with Crippen LogP contribution in [0.25, 0.3) is 0 Å². The number of amides is 2. The van der Waals surface area contributed by atoms with Crippen molar-refractivity contribution in [1.82, 2.24) is 9.80 Å². The van der Waals surface area contributed by atoms with Crippen molar-refractivity contribution in [2.24, 2.45) is 11.1 Å². The summed E-state index contributed by atoms with van der Waals surface area (Å²) in [6.07, 6.45) is 4.07. The number of rotatable bonds is 2. The number of carbonyl (C=O) groups excluding carboxylic acids is 2. The Morgan fingerprint density at radius 3 is 2.68 bits per heavy atom. The van der Waals surface area contributed by atoms with E-state index in [2.05, 4.69) is 0 Å². The van der Waals surface area contributed by atoms with Crippen molar-refractivity contribution in [1.29, 1.82) is 0 Å². The molecule has 3 rings (SSSR count). The molecule has 6 heteroatoms. The Morgan fingerprint density at radius 2 is 2.11 bits per heavy atom. The highest BCUT2D eigenvalue weighted by Gasteiger charge is 2.50. The van der Waals surface area contributed by atoms with Crippen molar-refractivity contribution in [3.05, 3.63) is 0 Å². The van der Waals surface area contributed by atoms with Gasteiger partial charge in [-0.15, -0.1) is 0 Å². The van der Waals surface area contributed by atoms with E-state index in [1.54, 1.807) is 0 Å². The summed E-state index contributed by atoms with van der Waals surface area (Å²) in [5.74, 6) is 0.315. The molecule has 2 amide bonds. The number of carbonyl (C=O) groups is 2. The van der Waals surface area contributed by atoms with E-state index in [1.807, 2.05) is 9.80 Å². The van der Waals surface area contributed by atoms with Crippen molar-refractivity contribution in [2.45, 2.75) is 38.1 Å². The molecule has 0 aromatic rings. The molecule has 1 saturated carbocycles. The number of nitrogens with two attached hydrogens (primary N) is 1. The average molecular weight is 281 g/mol. The molecule has 1 unspecified atom stereocenters. The SMILES string of the molecule is NC(=S)C1(C(=O)N2CCN3C(=O)CCC3C2)CCC1. The molecule has 3 aliphatic rings. The standard InChI is InChI=1S/C13H19N3O2S/c14-11(19)13(4-1-5-13)12(18)15-6-7-16-9(8-15)2-3-10(16)17/h9H,1-8H2,(H2,14,19). The molecule has 0 bridgehead atoms. The fourth-order valence-electron chi connectivity index (χ4n) is 3.45. The third-order valence-corrected chi connectivity index (χ3v) is 5.26. The summed E-state index contributed by atoms with van der Waals surface area (Å²) in [5.41, 5.74) is 5.21. The van der Waals surface area contributed by atoms with Gasteiger partial charge in [-0.05, 0) is 19.3 Å². The van der Waals surface area contributed by atoms with E-state index in [9.17, 15) is 9.59 Å². The second-order valence-electron chi connectivity index (χ2n) is 5.83. The van der Waals surface area contributed by atoms with Crippen LogP contribution in [-0.4, -0.2) is 52.3 Å². The van der Waals surface area contributed by atoms with Gasteiger partial charge >= 0.3 is 0 Å². The second kappa shape index (κ2) is 4.44. The molecule has 19 heavy (non-hydrogen) atoms. The summed E-state index contributed by atoms with van der Waals surface area (Å²) in [4.78, 5) is 28.4. The lowest BCUT2D eigenvalue weighted by Crippen LogP contribution is -2.60. The maximum absolute atomic E-state index is 12.7. The molecule has 3 fully saturated rings. The largest absolute Gasteiger partial charge is 0.392 e. The van der Waals surface area contributed by atoms with Crippen LogP contribution >= 0.6 is 12.2 Å². The van der Waals surface area contributed by atoms with E-state index in [0.29, 0.717) is 31.0 Å². The van der Waals surface area contributed by atoms with Crippen LogP contribution in [0.3, 0.4) is 0 Å². The lowest BCUT2D eigenvalue weighted by molar-refractivity contribution is -0.147. The summed E-state index contributed by atoms with van der Waals surface area (Å²) in [7, 11) is 0. The van der Waals surface area contributed by atoms with Gasteiger partial charge in [-0.2, -0.15) is 0 Å². The first-order valence-electron chi connectivity index (χ1n) is 6.93. The van der Waals surface area contributed by atoms with Gasteiger partial charge in [0.25, 0.3) is 0 Å². The molecular formula is C13H19N3O2S. The molecule has 5 nitrogen and oxygen atoms in total. The zero-order valence-corrected chi connectivity index (χ0v) is 11.7. The van der Waals surface area contributed by atoms with Crippen LogP contribution in [0.1, 0.15) is 32.1 Å². The van der Waals surface area contributed by atoms with Crippen LogP contribution in [-0.2, 0) is 9.59 Å². The molecule has 104 valence electrons. The highest BCUT2D eigenvalue weighted by molar-refractivity contribution is 7.80. The van der Waals surface area contributed by atoms with E-state index in [4.69, 9.17) is 18.0 Å². The van der Waals surface area contributed by atoms with E-state index >= 15 is 0 Å². The monoisotopic (exact) mass is 281 g/mol. The Kier molecular flexibility index (Phi) is 3.00. The highest BCUT2D eigenvalue weighted by atomic mass is 32.1. The lowest BCUT2D eigenvalue weighted by atomic mass is 9.67. The van der Waals surface area contributed by atoms with Crippen molar-refractivity contribution >= 4 is 29.0 Å². The first kappa shape index (κ1) is 12.8. The van der Waals surface area contributed by atoms with Crippen molar-refractivity contribution in [2.75, 3.05) is 19.6 Å². The van der Waals surface area contributed by atoms with Crippen molar-refractivity contribution in [3.63, 3.8) is 0 Å². The molecule has 2 heterocycles. The first-order chi connectivity index (χ1) is 9.04. The van der Waals surface area contributed by atoms with Crippen LogP contribution in [0.2, 0.25) is 0 Å². The summed E-state index contributed by atoms with van der Waals surface area (Å²) in [6, 6.07) is 0.202. The van der Waals surface area contributed by atoms with E-state index in [0.717, 1.165) is 25.7 Å². The van der Waals surface area contributed by atoms with Gasteiger partial charge in [-0.1, -0.05) is 18.6 Å².